The number of nitrogens with zero attached hydrogens (tertiary/aromatic N) is 2. The number of rotatable bonds is 2. The van der Waals surface area contributed by atoms with Crippen LogP contribution in [0.4, 0.5) is 0 Å². The van der Waals surface area contributed by atoms with Gasteiger partial charge in [0.15, 0.2) is 13.1 Å². The third-order valence-electron chi connectivity index (χ3n) is 4.95. The molecule has 0 spiro atoms. The largest absolute Gasteiger partial charge is 0.508 e. The first-order valence-electron chi connectivity index (χ1n) is 9.43. The van der Waals surface area contributed by atoms with Gasteiger partial charge in [-0.15, -0.1) is 10.2 Å². The van der Waals surface area contributed by atoms with E-state index < -0.39 is 10.2 Å². The van der Waals surface area contributed by atoms with Gasteiger partial charge in [-0.1, -0.05) is 0 Å². The van der Waals surface area contributed by atoms with Crippen LogP contribution in [0, 0.1) is 10.2 Å². The SMILES string of the molecule is COc1ccc(-c2cc(=[N+]3CCN(C)CC3)c3cc(O)ccc3o2)cc1.[O-][Cl+3]([O-])([O-])[O-]. The minimum Gasteiger partial charge on any atom is -0.508 e. The molecule has 0 aliphatic carbocycles. The molecule has 1 aliphatic heterocycles. The fourth-order valence-corrected chi connectivity index (χ4v) is 3.36. The third-order valence-corrected chi connectivity index (χ3v) is 4.95. The van der Waals surface area contributed by atoms with Crippen LogP contribution in [0.25, 0.3) is 22.3 Å². The molecule has 2 aromatic carbocycles. The van der Waals surface area contributed by atoms with Crippen LogP contribution in [0.1, 0.15) is 0 Å². The first kappa shape index (κ1) is 23.0. The van der Waals surface area contributed by atoms with Crippen molar-refractivity contribution in [1.29, 1.82) is 0 Å². The molecule has 1 saturated heterocycles. The summed E-state index contributed by atoms with van der Waals surface area (Å²) in [7, 11) is -1.14. The van der Waals surface area contributed by atoms with Crippen LogP contribution in [-0.2, 0) is 0 Å². The van der Waals surface area contributed by atoms with Crippen LogP contribution in [0.5, 0.6) is 11.5 Å². The number of methoxy groups -OCH3 is 1. The molecular formula is C21H23ClN2O7. The maximum absolute atomic E-state index is 9.96. The van der Waals surface area contributed by atoms with Crippen molar-refractivity contribution in [1.82, 2.24) is 9.48 Å². The number of halogens is 1. The fraction of sp³-hybridized carbons (Fsp3) is 0.286. The summed E-state index contributed by atoms with van der Waals surface area (Å²) in [5.74, 6) is 1.87. The second-order valence-electron chi connectivity index (χ2n) is 7.07. The van der Waals surface area contributed by atoms with Gasteiger partial charge >= 0.3 is 0 Å². The standard InChI is InChI=1S/C21H22N2O3.ClHO4/c1-22-9-11-23(12-10-22)19-14-21(15-3-6-17(25-2)7-4-15)26-20-8-5-16(24)13-18(19)20;2-1(3,4)5/h3-8,13-14H,9-12H2,1-2H3;(H,2,3,4,5). The Hall–Kier alpha value is -2.66. The fourth-order valence-electron chi connectivity index (χ4n) is 3.36. The Morgan fingerprint density at radius 1 is 1.00 bits per heavy atom. The number of phenols is 1. The van der Waals surface area contributed by atoms with Crippen molar-refractivity contribution >= 4 is 11.0 Å². The van der Waals surface area contributed by atoms with E-state index in [2.05, 4.69) is 22.6 Å². The highest BCUT2D eigenvalue weighted by Gasteiger charge is 2.19. The molecule has 0 atom stereocenters. The zero-order chi connectivity index (χ0) is 22.6. The normalized spacial score (nSPS) is 14.8. The minimum atomic E-state index is -4.94. The molecule has 1 N–H and O–H groups in total. The number of piperazine rings is 1. The summed E-state index contributed by atoms with van der Waals surface area (Å²) in [4.78, 5) is 2.33. The van der Waals surface area contributed by atoms with Gasteiger partial charge in [0, 0.05) is 5.56 Å². The summed E-state index contributed by atoms with van der Waals surface area (Å²) in [6.07, 6.45) is 0. The molecule has 0 saturated carbocycles. The van der Waals surface area contributed by atoms with Gasteiger partial charge in [-0.3, -0.25) is 4.90 Å². The Balaban J connectivity index is 0.000000491. The summed E-state index contributed by atoms with van der Waals surface area (Å²) >= 11 is 0. The zero-order valence-electron chi connectivity index (χ0n) is 17.1. The van der Waals surface area contributed by atoms with E-state index >= 15 is 0 Å². The summed E-state index contributed by atoms with van der Waals surface area (Å²) in [6.45, 7) is 3.94. The van der Waals surface area contributed by atoms with E-state index in [1.54, 1.807) is 19.2 Å². The molecule has 0 radical (unpaired) electrons. The van der Waals surface area contributed by atoms with Gasteiger partial charge in [0.05, 0.1) is 31.7 Å². The van der Waals surface area contributed by atoms with Crippen molar-refractivity contribution in [3.05, 3.63) is 53.9 Å². The van der Waals surface area contributed by atoms with Crippen molar-refractivity contribution in [2.45, 2.75) is 0 Å². The van der Waals surface area contributed by atoms with Gasteiger partial charge in [-0.25, -0.2) is 23.2 Å². The average Bonchev–Trinajstić information content (AvgIpc) is 2.72. The van der Waals surface area contributed by atoms with Crippen LogP contribution < -0.4 is 33.3 Å². The molecule has 9 nitrogen and oxygen atoms in total. The third kappa shape index (κ3) is 6.41. The van der Waals surface area contributed by atoms with E-state index in [1.807, 2.05) is 30.3 Å². The van der Waals surface area contributed by atoms with Crippen molar-refractivity contribution in [3.63, 3.8) is 0 Å². The topological polar surface area (TPSA) is 141 Å². The molecule has 10 heteroatoms. The average molecular weight is 451 g/mol. The molecule has 3 aromatic rings. The molecule has 1 fully saturated rings. The summed E-state index contributed by atoms with van der Waals surface area (Å²) in [5.41, 5.74) is 1.76. The summed E-state index contributed by atoms with van der Waals surface area (Å²) < 4.78 is 47.7. The van der Waals surface area contributed by atoms with Crippen LogP contribution in [0.2, 0.25) is 0 Å². The van der Waals surface area contributed by atoms with Gasteiger partial charge in [0.25, 0.3) is 0 Å². The highest BCUT2D eigenvalue weighted by molar-refractivity contribution is 5.80. The smallest absolute Gasteiger partial charge is 0.215 e. The van der Waals surface area contributed by atoms with Gasteiger partial charge in [-0.2, -0.15) is 0 Å². The predicted octanol–water partition coefficient (Wildman–Crippen LogP) is -2.22. The zero-order valence-corrected chi connectivity index (χ0v) is 17.9. The maximum Gasteiger partial charge on any atom is 0.215 e. The Labute approximate surface area is 181 Å². The van der Waals surface area contributed by atoms with E-state index in [0.717, 1.165) is 59.6 Å². The number of fused-ring (bicyclic) bond motifs is 1. The predicted molar refractivity (Wildman–Crippen MR) is 102 cm³/mol. The number of likely N-dealkylation sites (N-methyl/N-ethyl adjacent to an activating group) is 1. The number of hydrogen-bond acceptors (Lipinski definition) is 8. The van der Waals surface area contributed by atoms with Crippen LogP contribution in [0.15, 0.2) is 52.9 Å². The van der Waals surface area contributed by atoms with Crippen LogP contribution >= 0.6 is 0 Å². The van der Waals surface area contributed by atoms with E-state index in [1.165, 1.54) is 0 Å². The summed E-state index contributed by atoms with van der Waals surface area (Å²) in [6, 6.07) is 15.2. The molecule has 0 amide bonds. The lowest BCUT2D eigenvalue weighted by molar-refractivity contribution is -2.00. The Bertz CT molecular complexity index is 1090. The molecule has 4 rings (SSSR count). The lowest BCUT2D eigenvalue weighted by atomic mass is 10.1. The number of phenolic OH excluding ortho intramolecular Hbond substituents is 1. The quantitative estimate of drug-likeness (QED) is 0.433. The Morgan fingerprint density at radius 3 is 2.19 bits per heavy atom. The Morgan fingerprint density at radius 2 is 1.61 bits per heavy atom. The van der Waals surface area contributed by atoms with Crippen molar-refractivity contribution in [2.75, 3.05) is 40.3 Å². The molecule has 1 aromatic heterocycles. The monoisotopic (exact) mass is 450 g/mol. The van der Waals surface area contributed by atoms with Crippen molar-refractivity contribution < 1.29 is 43.1 Å². The van der Waals surface area contributed by atoms with Gasteiger partial charge < -0.3 is 14.3 Å². The van der Waals surface area contributed by atoms with Crippen molar-refractivity contribution in [3.8, 4) is 22.8 Å². The molecule has 166 valence electrons. The highest BCUT2D eigenvalue weighted by atomic mass is 35.7. The first-order chi connectivity index (χ1) is 14.6. The number of hydrogen-bond donors (Lipinski definition) is 1. The maximum atomic E-state index is 9.96. The highest BCUT2D eigenvalue weighted by Crippen LogP contribution is 2.25. The molecule has 0 unspecified atom stereocenters. The Kier molecular flexibility index (Phi) is 7.16. The van der Waals surface area contributed by atoms with E-state index in [4.69, 9.17) is 27.8 Å². The molecular weight excluding hydrogens is 428 g/mol. The molecule has 2 heterocycles. The van der Waals surface area contributed by atoms with Crippen molar-refractivity contribution in [2.24, 2.45) is 0 Å². The number of aromatic hydroxyl groups is 1. The van der Waals surface area contributed by atoms with Crippen LogP contribution in [0.3, 0.4) is 0 Å². The second-order valence-corrected chi connectivity index (χ2v) is 7.83. The van der Waals surface area contributed by atoms with E-state index in [-0.39, 0.29) is 5.75 Å². The summed E-state index contributed by atoms with van der Waals surface area (Å²) in [5, 5.41) is 12.0. The minimum absolute atomic E-state index is 0.250. The number of ether oxygens (including phenoxy) is 1. The molecule has 0 bridgehead atoms. The lowest BCUT2D eigenvalue weighted by Gasteiger charge is -2.20. The second kappa shape index (κ2) is 9.65. The first-order valence-corrected chi connectivity index (χ1v) is 10.7. The van der Waals surface area contributed by atoms with Crippen LogP contribution in [-0.4, -0.2) is 50.3 Å². The number of benzene rings is 2. The van der Waals surface area contributed by atoms with Gasteiger partial charge in [-0.05, 0) is 49.5 Å². The van der Waals surface area contributed by atoms with E-state index in [9.17, 15) is 5.11 Å². The van der Waals surface area contributed by atoms with E-state index in [0.29, 0.717) is 0 Å². The lowest BCUT2D eigenvalue weighted by Crippen LogP contribution is -2.68. The molecule has 1 aliphatic rings. The van der Waals surface area contributed by atoms with Gasteiger partial charge in [0.1, 0.15) is 22.8 Å². The van der Waals surface area contributed by atoms with Gasteiger partial charge in [0.2, 0.25) is 5.36 Å². The molecule has 31 heavy (non-hydrogen) atoms.